The Morgan fingerprint density at radius 2 is 2.18 bits per heavy atom. The molecule has 1 heterocycles. The first kappa shape index (κ1) is 11.0. The maximum absolute atomic E-state index is 10.4. The summed E-state index contributed by atoms with van der Waals surface area (Å²) < 4.78 is 0. The molecule has 0 spiro atoms. The molecule has 0 aromatic carbocycles. The highest BCUT2D eigenvalue weighted by Crippen LogP contribution is 2.28. The van der Waals surface area contributed by atoms with Gasteiger partial charge >= 0.3 is 5.95 Å². The fourth-order valence-electron chi connectivity index (χ4n) is 1.61. The van der Waals surface area contributed by atoms with E-state index in [1.807, 2.05) is 18.2 Å². The molecule has 0 radical (unpaired) electrons. The van der Waals surface area contributed by atoms with E-state index in [1.165, 1.54) is 12.4 Å². The van der Waals surface area contributed by atoms with Gasteiger partial charge in [-0.1, -0.05) is 28.2 Å². The van der Waals surface area contributed by atoms with Crippen molar-refractivity contribution in [1.29, 1.82) is 5.26 Å². The molecule has 1 unspecified atom stereocenters. The lowest BCUT2D eigenvalue weighted by atomic mass is 9.89. The highest BCUT2D eigenvalue weighted by molar-refractivity contribution is 5.71. The van der Waals surface area contributed by atoms with Crippen molar-refractivity contribution >= 4 is 11.5 Å². The van der Waals surface area contributed by atoms with E-state index >= 15 is 0 Å². The van der Waals surface area contributed by atoms with Crippen molar-refractivity contribution in [2.45, 2.75) is 6.42 Å². The third kappa shape index (κ3) is 2.18. The molecule has 17 heavy (non-hydrogen) atoms. The molecule has 0 fully saturated rings. The average Bonchev–Trinajstić information content (AvgIpc) is 2.39. The topological polar surface area (TPSA) is 92.7 Å². The number of nitro groups is 1. The first-order valence-electron chi connectivity index (χ1n) is 4.95. The molecule has 1 aromatic heterocycles. The maximum atomic E-state index is 10.4. The van der Waals surface area contributed by atoms with Crippen LogP contribution in [-0.4, -0.2) is 14.9 Å². The van der Waals surface area contributed by atoms with Gasteiger partial charge in [0.25, 0.3) is 0 Å². The molecule has 1 atom stereocenters. The highest BCUT2D eigenvalue weighted by atomic mass is 16.6. The first-order chi connectivity index (χ1) is 8.22. The summed E-state index contributed by atoms with van der Waals surface area (Å²) >= 11 is 0. The summed E-state index contributed by atoms with van der Waals surface area (Å²) in [6.45, 7) is 0. The zero-order valence-electron chi connectivity index (χ0n) is 8.78. The molecule has 0 aliphatic heterocycles. The van der Waals surface area contributed by atoms with Crippen LogP contribution in [0.2, 0.25) is 0 Å². The van der Waals surface area contributed by atoms with Gasteiger partial charge in [0, 0.05) is 5.56 Å². The van der Waals surface area contributed by atoms with Crippen LogP contribution in [-0.2, 0) is 0 Å². The second-order valence-corrected chi connectivity index (χ2v) is 3.50. The minimum Gasteiger partial charge on any atom is -0.390 e. The Labute approximate surface area is 97.1 Å². The van der Waals surface area contributed by atoms with Crippen molar-refractivity contribution in [2.75, 3.05) is 0 Å². The standard InChI is InChI=1S/C11H8N4O2/c12-5-8-3-1-2-4-10(8)9-6-13-11(14-7-9)15(16)17/h1-2,4,6-8H,3H2. The Hall–Kier alpha value is -2.55. The van der Waals surface area contributed by atoms with Crippen molar-refractivity contribution in [1.82, 2.24) is 9.97 Å². The highest BCUT2D eigenvalue weighted by Gasteiger charge is 2.19. The third-order valence-electron chi connectivity index (χ3n) is 2.45. The predicted octanol–water partition coefficient (Wildman–Crippen LogP) is 1.87. The predicted molar refractivity (Wildman–Crippen MR) is 59.5 cm³/mol. The summed E-state index contributed by atoms with van der Waals surface area (Å²) in [6, 6.07) is 2.18. The minimum atomic E-state index is -0.652. The molecule has 0 amide bonds. The van der Waals surface area contributed by atoms with Gasteiger partial charge in [0.15, 0.2) is 0 Å². The summed E-state index contributed by atoms with van der Waals surface area (Å²) in [5.74, 6) is -0.681. The Bertz CT molecular complexity index is 540. The lowest BCUT2D eigenvalue weighted by Gasteiger charge is -2.12. The van der Waals surface area contributed by atoms with Gasteiger partial charge in [-0.2, -0.15) is 5.26 Å². The summed E-state index contributed by atoms with van der Waals surface area (Å²) in [5.41, 5.74) is 1.44. The smallest absolute Gasteiger partial charge is 0.390 e. The molecule has 0 N–H and O–H groups in total. The van der Waals surface area contributed by atoms with Gasteiger partial charge in [-0.25, -0.2) is 0 Å². The number of hydrogen-bond donors (Lipinski definition) is 0. The molecule has 6 nitrogen and oxygen atoms in total. The van der Waals surface area contributed by atoms with E-state index in [4.69, 9.17) is 5.26 Å². The Kier molecular flexibility index (Phi) is 2.92. The van der Waals surface area contributed by atoms with Crippen LogP contribution in [0.3, 0.4) is 0 Å². The van der Waals surface area contributed by atoms with Crippen LogP contribution in [0.25, 0.3) is 5.57 Å². The van der Waals surface area contributed by atoms with Crippen LogP contribution in [0.1, 0.15) is 12.0 Å². The van der Waals surface area contributed by atoms with Crippen molar-refractivity contribution in [2.24, 2.45) is 5.92 Å². The molecule has 84 valence electrons. The number of nitriles is 1. The van der Waals surface area contributed by atoms with Gasteiger partial charge in [0.2, 0.25) is 0 Å². The SMILES string of the molecule is N#CC1CC=CC=C1c1cnc([N+](=O)[O-])nc1. The Morgan fingerprint density at radius 3 is 2.76 bits per heavy atom. The van der Waals surface area contributed by atoms with E-state index in [-0.39, 0.29) is 5.92 Å². The van der Waals surface area contributed by atoms with Crippen LogP contribution < -0.4 is 0 Å². The fourth-order valence-corrected chi connectivity index (χ4v) is 1.61. The summed E-state index contributed by atoms with van der Waals surface area (Å²) in [5, 5.41) is 19.4. The molecule has 0 saturated heterocycles. The van der Waals surface area contributed by atoms with Crippen LogP contribution in [0, 0.1) is 27.4 Å². The fraction of sp³-hybridized carbons (Fsp3) is 0.182. The average molecular weight is 228 g/mol. The van der Waals surface area contributed by atoms with Gasteiger partial charge in [0.05, 0.1) is 12.0 Å². The third-order valence-corrected chi connectivity index (χ3v) is 2.45. The van der Waals surface area contributed by atoms with Crippen molar-refractivity contribution in [3.05, 3.63) is 46.3 Å². The van der Waals surface area contributed by atoms with Crippen molar-refractivity contribution in [3.8, 4) is 6.07 Å². The number of hydrogen-bond acceptors (Lipinski definition) is 5. The van der Waals surface area contributed by atoms with Gasteiger partial charge in [-0.15, -0.1) is 0 Å². The van der Waals surface area contributed by atoms with Gasteiger partial charge in [-0.3, -0.25) is 0 Å². The molecular formula is C11H8N4O2. The first-order valence-corrected chi connectivity index (χ1v) is 4.95. The zero-order valence-corrected chi connectivity index (χ0v) is 8.78. The monoisotopic (exact) mass is 228 g/mol. The van der Waals surface area contributed by atoms with Gasteiger partial charge < -0.3 is 10.1 Å². The van der Waals surface area contributed by atoms with E-state index in [2.05, 4.69) is 16.0 Å². The molecule has 1 aliphatic carbocycles. The second kappa shape index (κ2) is 4.53. The maximum Gasteiger partial charge on any atom is 0.468 e. The summed E-state index contributed by atoms with van der Waals surface area (Å²) in [7, 11) is 0. The largest absolute Gasteiger partial charge is 0.468 e. The van der Waals surface area contributed by atoms with E-state index in [0.717, 1.165) is 5.57 Å². The molecular weight excluding hydrogens is 220 g/mol. The van der Waals surface area contributed by atoms with Crippen LogP contribution in [0.4, 0.5) is 5.95 Å². The molecule has 0 saturated carbocycles. The minimum absolute atomic E-state index is 0.245. The normalized spacial score (nSPS) is 18.3. The molecule has 1 aliphatic rings. The van der Waals surface area contributed by atoms with Crippen molar-refractivity contribution in [3.63, 3.8) is 0 Å². The lowest BCUT2D eigenvalue weighted by Crippen LogP contribution is -2.04. The van der Waals surface area contributed by atoms with Crippen LogP contribution in [0.15, 0.2) is 30.6 Å². The van der Waals surface area contributed by atoms with Crippen LogP contribution >= 0.6 is 0 Å². The Morgan fingerprint density at radius 1 is 1.47 bits per heavy atom. The second-order valence-electron chi connectivity index (χ2n) is 3.50. The quantitative estimate of drug-likeness (QED) is 0.569. The van der Waals surface area contributed by atoms with Crippen molar-refractivity contribution < 1.29 is 4.92 Å². The number of aromatic nitrogens is 2. The van der Waals surface area contributed by atoms with E-state index < -0.39 is 10.9 Å². The zero-order chi connectivity index (χ0) is 12.3. The van der Waals surface area contributed by atoms with Gasteiger partial charge in [-0.05, 0) is 16.9 Å². The van der Waals surface area contributed by atoms with Gasteiger partial charge in [0.1, 0.15) is 12.4 Å². The molecule has 2 rings (SSSR count). The lowest BCUT2D eigenvalue weighted by molar-refractivity contribution is -0.394. The number of allylic oxidation sites excluding steroid dienone is 4. The summed E-state index contributed by atoms with van der Waals surface area (Å²) in [4.78, 5) is 17.0. The molecule has 1 aromatic rings. The summed E-state index contributed by atoms with van der Waals surface area (Å²) in [6.07, 6.45) is 8.95. The Balaban J connectivity index is 2.34. The van der Waals surface area contributed by atoms with E-state index in [0.29, 0.717) is 12.0 Å². The number of rotatable bonds is 2. The van der Waals surface area contributed by atoms with Crippen LogP contribution in [0.5, 0.6) is 0 Å². The number of nitrogens with zero attached hydrogens (tertiary/aromatic N) is 4. The van der Waals surface area contributed by atoms with E-state index in [1.54, 1.807) is 0 Å². The molecule has 0 bridgehead atoms. The molecule has 6 heteroatoms. The van der Waals surface area contributed by atoms with E-state index in [9.17, 15) is 10.1 Å².